The Bertz CT molecular complexity index is 744. The van der Waals surface area contributed by atoms with Crippen molar-refractivity contribution in [2.45, 2.75) is 4.90 Å². The first-order valence-corrected chi connectivity index (χ1v) is 7.76. The van der Waals surface area contributed by atoms with Crippen LogP contribution < -0.4 is 15.8 Å². The SMILES string of the molecule is NS(=O)(=O)c1ccc(NC(=S)Nc2ccc(F)cc2)cc1. The van der Waals surface area contributed by atoms with Gasteiger partial charge in [0.05, 0.1) is 4.90 Å². The molecule has 0 aliphatic rings. The van der Waals surface area contributed by atoms with Crippen molar-refractivity contribution in [3.63, 3.8) is 0 Å². The minimum Gasteiger partial charge on any atom is -0.332 e. The summed E-state index contributed by atoms with van der Waals surface area (Å²) in [5.74, 6) is -0.335. The normalized spacial score (nSPS) is 11.0. The van der Waals surface area contributed by atoms with Crippen molar-refractivity contribution >= 4 is 38.7 Å². The topological polar surface area (TPSA) is 84.2 Å². The van der Waals surface area contributed by atoms with Gasteiger partial charge in [-0.3, -0.25) is 0 Å². The summed E-state index contributed by atoms with van der Waals surface area (Å²) < 4.78 is 35.0. The zero-order valence-electron chi connectivity index (χ0n) is 10.7. The van der Waals surface area contributed by atoms with E-state index in [9.17, 15) is 12.8 Å². The van der Waals surface area contributed by atoms with Gasteiger partial charge in [0.2, 0.25) is 10.0 Å². The van der Waals surface area contributed by atoms with Crippen molar-refractivity contribution in [1.29, 1.82) is 0 Å². The molecule has 0 radical (unpaired) electrons. The summed E-state index contributed by atoms with van der Waals surface area (Å²) >= 11 is 5.10. The van der Waals surface area contributed by atoms with Crippen LogP contribution in [0.1, 0.15) is 0 Å². The molecule has 0 fully saturated rings. The third-order valence-corrected chi connectivity index (χ3v) is 3.68. The minimum absolute atomic E-state index is 0.0189. The van der Waals surface area contributed by atoms with Gasteiger partial charge in [-0.1, -0.05) is 0 Å². The Morgan fingerprint density at radius 2 is 1.38 bits per heavy atom. The molecular weight excluding hydrogens is 313 g/mol. The van der Waals surface area contributed by atoms with Gasteiger partial charge in [-0.25, -0.2) is 17.9 Å². The lowest BCUT2D eigenvalue weighted by Crippen LogP contribution is -2.19. The van der Waals surface area contributed by atoms with E-state index in [1.807, 2.05) is 0 Å². The predicted octanol–water partition coefficient (Wildman–Crippen LogP) is 2.28. The van der Waals surface area contributed by atoms with Gasteiger partial charge in [0.25, 0.3) is 0 Å². The Balaban J connectivity index is 2.01. The number of thiocarbonyl (C=S) groups is 1. The molecule has 0 bridgehead atoms. The van der Waals surface area contributed by atoms with Gasteiger partial charge in [0, 0.05) is 11.4 Å². The molecule has 0 aliphatic heterocycles. The Morgan fingerprint density at radius 3 is 1.81 bits per heavy atom. The molecule has 0 aliphatic carbocycles. The number of sulfonamides is 1. The van der Waals surface area contributed by atoms with E-state index in [0.717, 1.165) is 0 Å². The highest BCUT2D eigenvalue weighted by molar-refractivity contribution is 7.89. The zero-order valence-corrected chi connectivity index (χ0v) is 12.3. The highest BCUT2D eigenvalue weighted by Gasteiger charge is 2.07. The van der Waals surface area contributed by atoms with Crippen LogP contribution in [0.4, 0.5) is 15.8 Å². The van der Waals surface area contributed by atoms with Crippen LogP contribution in [-0.2, 0) is 10.0 Å². The van der Waals surface area contributed by atoms with E-state index in [1.54, 1.807) is 24.3 Å². The molecule has 2 aromatic rings. The fourth-order valence-corrected chi connectivity index (χ4v) is 2.31. The quantitative estimate of drug-likeness (QED) is 0.754. The van der Waals surface area contributed by atoms with Crippen LogP contribution in [0.5, 0.6) is 0 Å². The van der Waals surface area contributed by atoms with Gasteiger partial charge in [-0.05, 0) is 60.7 Å². The number of nitrogens with two attached hydrogens (primary N) is 1. The van der Waals surface area contributed by atoms with Crippen molar-refractivity contribution in [3.8, 4) is 0 Å². The zero-order chi connectivity index (χ0) is 15.5. The molecule has 4 N–H and O–H groups in total. The molecule has 0 unspecified atom stereocenters. The smallest absolute Gasteiger partial charge is 0.238 e. The molecule has 21 heavy (non-hydrogen) atoms. The number of halogens is 1. The molecule has 0 saturated carbocycles. The third-order valence-electron chi connectivity index (χ3n) is 2.54. The molecule has 0 atom stereocenters. The average molecular weight is 325 g/mol. The molecule has 0 saturated heterocycles. The summed E-state index contributed by atoms with van der Waals surface area (Å²) in [6.07, 6.45) is 0. The van der Waals surface area contributed by atoms with Gasteiger partial charge in [-0.2, -0.15) is 0 Å². The molecule has 0 amide bonds. The van der Waals surface area contributed by atoms with Crippen LogP contribution in [0.2, 0.25) is 0 Å². The molecule has 8 heteroatoms. The van der Waals surface area contributed by atoms with Crippen molar-refractivity contribution in [3.05, 3.63) is 54.3 Å². The van der Waals surface area contributed by atoms with E-state index in [4.69, 9.17) is 17.4 Å². The molecule has 5 nitrogen and oxygen atoms in total. The number of anilines is 2. The lowest BCUT2D eigenvalue weighted by Gasteiger charge is -2.10. The molecule has 0 heterocycles. The van der Waals surface area contributed by atoms with Crippen molar-refractivity contribution < 1.29 is 12.8 Å². The molecular formula is C13H12FN3O2S2. The first-order chi connectivity index (χ1) is 9.84. The Hall–Kier alpha value is -2.03. The largest absolute Gasteiger partial charge is 0.332 e. The number of hydrogen-bond donors (Lipinski definition) is 3. The summed E-state index contributed by atoms with van der Waals surface area (Å²) in [5.41, 5.74) is 1.23. The maximum atomic E-state index is 12.8. The van der Waals surface area contributed by atoms with Crippen LogP contribution >= 0.6 is 12.2 Å². The van der Waals surface area contributed by atoms with Crippen molar-refractivity contribution in [2.75, 3.05) is 10.6 Å². The van der Waals surface area contributed by atoms with Gasteiger partial charge >= 0.3 is 0 Å². The molecule has 2 rings (SSSR count). The van der Waals surface area contributed by atoms with E-state index in [0.29, 0.717) is 16.5 Å². The second-order valence-electron chi connectivity index (χ2n) is 4.16. The second kappa shape index (κ2) is 6.17. The Labute approximate surface area is 127 Å². The molecule has 0 aromatic heterocycles. The highest BCUT2D eigenvalue weighted by atomic mass is 32.2. The average Bonchev–Trinajstić information content (AvgIpc) is 2.41. The first kappa shape index (κ1) is 15.4. The second-order valence-corrected chi connectivity index (χ2v) is 6.13. The summed E-state index contributed by atoms with van der Waals surface area (Å²) in [6.45, 7) is 0. The minimum atomic E-state index is -3.71. The monoisotopic (exact) mass is 325 g/mol. The number of nitrogens with one attached hydrogen (secondary N) is 2. The van der Waals surface area contributed by atoms with E-state index >= 15 is 0 Å². The van der Waals surface area contributed by atoms with Crippen LogP contribution in [0.3, 0.4) is 0 Å². The number of primary sulfonamides is 1. The van der Waals surface area contributed by atoms with Crippen LogP contribution in [0, 0.1) is 5.82 Å². The van der Waals surface area contributed by atoms with Gasteiger partial charge < -0.3 is 10.6 Å². The predicted molar refractivity (Wildman–Crippen MR) is 84.1 cm³/mol. The van der Waals surface area contributed by atoms with Crippen LogP contribution in [0.15, 0.2) is 53.4 Å². The van der Waals surface area contributed by atoms with E-state index in [2.05, 4.69) is 10.6 Å². The Kier molecular flexibility index (Phi) is 4.51. The number of rotatable bonds is 3. The van der Waals surface area contributed by atoms with Gasteiger partial charge in [-0.15, -0.1) is 0 Å². The summed E-state index contributed by atoms with van der Waals surface area (Å²) in [4.78, 5) is 0.0189. The summed E-state index contributed by atoms with van der Waals surface area (Å²) in [7, 11) is -3.71. The maximum absolute atomic E-state index is 12.8. The number of benzene rings is 2. The van der Waals surface area contributed by atoms with Crippen LogP contribution in [-0.4, -0.2) is 13.5 Å². The van der Waals surface area contributed by atoms with E-state index in [-0.39, 0.29) is 10.7 Å². The lowest BCUT2D eigenvalue weighted by atomic mass is 10.3. The fourth-order valence-electron chi connectivity index (χ4n) is 1.55. The summed E-state index contributed by atoms with van der Waals surface area (Å²) in [6, 6.07) is 11.5. The van der Waals surface area contributed by atoms with E-state index in [1.165, 1.54) is 24.3 Å². The fraction of sp³-hybridized carbons (Fsp3) is 0. The number of hydrogen-bond acceptors (Lipinski definition) is 3. The Morgan fingerprint density at radius 1 is 0.952 bits per heavy atom. The molecule has 110 valence electrons. The lowest BCUT2D eigenvalue weighted by molar-refractivity contribution is 0.598. The van der Waals surface area contributed by atoms with Gasteiger partial charge in [0.1, 0.15) is 5.82 Å². The maximum Gasteiger partial charge on any atom is 0.238 e. The third kappa shape index (κ3) is 4.48. The standard InChI is InChI=1S/C13H12FN3O2S2/c14-9-1-3-10(4-2-9)16-13(20)17-11-5-7-12(8-6-11)21(15,18)19/h1-8H,(H2,15,18,19)(H2,16,17,20). The molecule has 0 spiro atoms. The van der Waals surface area contributed by atoms with Crippen molar-refractivity contribution in [2.24, 2.45) is 5.14 Å². The van der Waals surface area contributed by atoms with Crippen LogP contribution in [0.25, 0.3) is 0 Å². The first-order valence-electron chi connectivity index (χ1n) is 5.81. The highest BCUT2D eigenvalue weighted by Crippen LogP contribution is 2.14. The summed E-state index contributed by atoms with van der Waals surface area (Å²) in [5, 5.41) is 11.0. The molecule has 2 aromatic carbocycles. The van der Waals surface area contributed by atoms with E-state index < -0.39 is 10.0 Å². The van der Waals surface area contributed by atoms with Gasteiger partial charge in [0.15, 0.2) is 5.11 Å². The van der Waals surface area contributed by atoms with Crippen molar-refractivity contribution in [1.82, 2.24) is 0 Å².